The number of guanidine groups is 1. The third kappa shape index (κ3) is 6.86. The molecular weight excluding hydrogens is 472 g/mol. The molecule has 0 unspecified atom stereocenters. The lowest BCUT2D eigenvalue weighted by atomic mass is 10.2. The van der Waals surface area contributed by atoms with Gasteiger partial charge >= 0.3 is 0 Å². The zero-order chi connectivity index (χ0) is 18.9. The molecule has 28 heavy (non-hydrogen) atoms. The minimum Gasteiger partial charge on any atom is -0.355 e. The Morgan fingerprint density at radius 1 is 1.11 bits per heavy atom. The van der Waals surface area contributed by atoms with Gasteiger partial charge in [-0.05, 0) is 23.8 Å². The largest absolute Gasteiger partial charge is 0.355 e. The van der Waals surface area contributed by atoms with Gasteiger partial charge in [-0.15, -0.1) is 24.0 Å². The third-order valence-electron chi connectivity index (χ3n) is 4.50. The molecule has 0 radical (unpaired) electrons. The Hall–Kier alpha value is -2.01. The summed E-state index contributed by atoms with van der Waals surface area (Å²) in [5.74, 6) is 1.30. The molecule has 2 heterocycles. The Labute approximate surface area is 182 Å². The summed E-state index contributed by atoms with van der Waals surface area (Å²) in [6.45, 7) is 6.08. The molecule has 1 aliphatic rings. The van der Waals surface area contributed by atoms with Crippen LogP contribution in [-0.2, 0) is 6.54 Å². The van der Waals surface area contributed by atoms with Gasteiger partial charge in [-0.1, -0.05) is 12.1 Å². The fraction of sp³-hybridized carbons (Fsp3) is 0.421. The predicted octanol–water partition coefficient (Wildman–Crippen LogP) is 1.72. The summed E-state index contributed by atoms with van der Waals surface area (Å²) in [4.78, 5) is 17.5. The molecule has 0 amide bonds. The van der Waals surface area contributed by atoms with E-state index >= 15 is 0 Å². The van der Waals surface area contributed by atoms with Crippen LogP contribution in [0.1, 0.15) is 5.56 Å². The zero-order valence-electron chi connectivity index (χ0n) is 16.0. The average Bonchev–Trinajstić information content (AvgIpc) is 2.72. The lowest BCUT2D eigenvalue weighted by molar-refractivity contribution is 0.260. The van der Waals surface area contributed by atoms with Gasteiger partial charge in [0.1, 0.15) is 5.82 Å². The maximum absolute atomic E-state index is 13.2. The molecule has 1 saturated heterocycles. The van der Waals surface area contributed by atoms with Crippen molar-refractivity contribution in [2.24, 2.45) is 4.99 Å². The first-order chi connectivity index (χ1) is 13.2. The van der Waals surface area contributed by atoms with E-state index in [1.165, 1.54) is 12.1 Å². The highest BCUT2D eigenvalue weighted by molar-refractivity contribution is 14.0. The van der Waals surface area contributed by atoms with Crippen LogP contribution < -0.4 is 15.5 Å². The molecule has 2 aromatic rings. The number of aromatic nitrogens is 2. The second-order valence-electron chi connectivity index (χ2n) is 6.36. The van der Waals surface area contributed by atoms with Crippen molar-refractivity contribution < 1.29 is 4.39 Å². The number of aliphatic imine (C=N–C) groups is 1. The average molecular weight is 499 g/mol. The van der Waals surface area contributed by atoms with Crippen molar-refractivity contribution in [1.82, 2.24) is 25.5 Å². The lowest BCUT2D eigenvalue weighted by Crippen LogP contribution is -2.49. The smallest absolute Gasteiger partial charge is 0.225 e. The van der Waals surface area contributed by atoms with E-state index in [1.807, 2.05) is 12.1 Å². The molecule has 0 spiro atoms. The SMILES string of the molecule is CN=C(NCCN1CCN(c2ncccn2)CC1)NCc1cccc(F)c1.I. The first-order valence-electron chi connectivity index (χ1n) is 9.18. The van der Waals surface area contributed by atoms with Crippen LogP contribution in [0.15, 0.2) is 47.7 Å². The number of anilines is 1. The van der Waals surface area contributed by atoms with Gasteiger partial charge in [-0.2, -0.15) is 0 Å². The predicted molar refractivity (Wildman–Crippen MR) is 121 cm³/mol. The fourth-order valence-corrected chi connectivity index (χ4v) is 3.01. The minimum atomic E-state index is -0.225. The van der Waals surface area contributed by atoms with Crippen molar-refractivity contribution in [2.75, 3.05) is 51.2 Å². The number of halogens is 2. The molecule has 1 aromatic carbocycles. The number of benzene rings is 1. The number of hydrogen-bond donors (Lipinski definition) is 2. The van der Waals surface area contributed by atoms with Crippen LogP contribution in [0.2, 0.25) is 0 Å². The van der Waals surface area contributed by atoms with Crippen LogP contribution >= 0.6 is 24.0 Å². The monoisotopic (exact) mass is 499 g/mol. The number of nitrogens with one attached hydrogen (secondary N) is 2. The van der Waals surface area contributed by atoms with Crippen LogP contribution in [-0.4, -0.2) is 67.1 Å². The highest BCUT2D eigenvalue weighted by Crippen LogP contribution is 2.09. The van der Waals surface area contributed by atoms with Gasteiger partial charge in [-0.25, -0.2) is 14.4 Å². The number of rotatable bonds is 6. The van der Waals surface area contributed by atoms with Crippen molar-refractivity contribution in [2.45, 2.75) is 6.54 Å². The molecule has 0 bridgehead atoms. The molecule has 0 atom stereocenters. The van der Waals surface area contributed by atoms with Gasteiger partial charge in [0.25, 0.3) is 0 Å². The second-order valence-corrected chi connectivity index (χ2v) is 6.36. The molecular formula is C19H27FIN7. The maximum Gasteiger partial charge on any atom is 0.225 e. The summed E-state index contributed by atoms with van der Waals surface area (Å²) in [7, 11) is 1.74. The van der Waals surface area contributed by atoms with Crippen LogP contribution in [0.25, 0.3) is 0 Å². The molecule has 0 aliphatic carbocycles. The second kappa shape index (κ2) is 11.7. The van der Waals surface area contributed by atoms with Crippen LogP contribution in [0.4, 0.5) is 10.3 Å². The summed E-state index contributed by atoms with van der Waals surface area (Å²) in [5.41, 5.74) is 0.886. The third-order valence-corrected chi connectivity index (χ3v) is 4.50. The summed E-state index contributed by atoms with van der Waals surface area (Å²) in [6.07, 6.45) is 3.56. The Kier molecular flexibility index (Phi) is 9.35. The molecule has 1 aromatic heterocycles. The molecule has 1 fully saturated rings. The first kappa shape index (κ1) is 22.3. The standard InChI is InChI=1S/C19H26FN7.HI/c1-21-18(25-15-16-4-2-5-17(20)14-16)22-8-9-26-10-12-27(13-11-26)19-23-6-3-7-24-19;/h2-7,14H,8-13,15H2,1H3,(H2,21,22,25);1H. The van der Waals surface area contributed by atoms with Gasteiger partial charge < -0.3 is 15.5 Å². The van der Waals surface area contributed by atoms with Crippen LogP contribution in [0, 0.1) is 5.82 Å². The molecule has 152 valence electrons. The Morgan fingerprint density at radius 3 is 2.54 bits per heavy atom. The molecule has 3 rings (SSSR count). The molecule has 0 saturated carbocycles. The van der Waals surface area contributed by atoms with E-state index in [-0.39, 0.29) is 29.8 Å². The van der Waals surface area contributed by atoms with E-state index in [4.69, 9.17) is 0 Å². The number of piperazine rings is 1. The van der Waals surface area contributed by atoms with Crippen molar-refractivity contribution in [1.29, 1.82) is 0 Å². The molecule has 2 N–H and O–H groups in total. The number of hydrogen-bond acceptors (Lipinski definition) is 5. The Bertz CT molecular complexity index is 736. The highest BCUT2D eigenvalue weighted by Gasteiger charge is 2.18. The molecule has 9 heteroatoms. The van der Waals surface area contributed by atoms with E-state index in [1.54, 1.807) is 25.5 Å². The fourth-order valence-electron chi connectivity index (χ4n) is 3.01. The van der Waals surface area contributed by atoms with Gasteiger partial charge in [0, 0.05) is 65.3 Å². The minimum absolute atomic E-state index is 0. The number of nitrogens with zero attached hydrogens (tertiary/aromatic N) is 5. The Balaban J connectivity index is 0.00000280. The summed E-state index contributed by atoms with van der Waals surface area (Å²) in [6, 6.07) is 8.40. The summed E-state index contributed by atoms with van der Waals surface area (Å²) < 4.78 is 13.2. The van der Waals surface area contributed by atoms with E-state index in [9.17, 15) is 4.39 Å². The van der Waals surface area contributed by atoms with E-state index in [2.05, 4.69) is 35.4 Å². The maximum atomic E-state index is 13.2. The quantitative estimate of drug-likeness (QED) is 0.359. The molecule has 7 nitrogen and oxygen atoms in total. The molecule has 1 aliphatic heterocycles. The van der Waals surface area contributed by atoms with Gasteiger partial charge in [0.2, 0.25) is 5.95 Å². The van der Waals surface area contributed by atoms with Crippen LogP contribution in [0.5, 0.6) is 0 Å². The summed E-state index contributed by atoms with van der Waals surface area (Å²) >= 11 is 0. The van der Waals surface area contributed by atoms with Crippen molar-refractivity contribution in [3.8, 4) is 0 Å². The van der Waals surface area contributed by atoms with E-state index in [0.717, 1.165) is 56.7 Å². The van der Waals surface area contributed by atoms with Crippen molar-refractivity contribution in [3.63, 3.8) is 0 Å². The van der Waals surface area contributed by atoms with E-state index in [0.29, 0.717) is 6.54 Å². The van der Waals surface area contributed by atoms with Gasteiger partial charge in [0.05, 0.1) is 0 Å². The normalized spacial score (nSPS) is 15.1. The van der Waals surface area contributed by atoms with Crippen molar-refractivity contribution >= 4 is 35.9 Å². The van der Waals surface area contributed by atoms with Gasteiger partial charge in [0.15, 0.2) is 5.96 Å². The van der Waals surface area contributed by atoms with Gasteiger partial charge in [-0.3, -0.25) is 9.89 Å². The van der Waals surface area contributed by atoms with Crippen molar-refractivity contribution in [3.05, 3.63) is 54.1 Å². The topological polar surface area (TPSA) is 68.7 Å². The summed E-state index contributed by atoms with van der Waals surface area (Å²) in [5, 5.41) is 6.52. The van der Waals surface area contributed by atoms with Crippen LogP contribution in [0.3, 0.4) is 0 Å². The lowest BCUT2D eigenvalue weighted by Gasteiger charge is -2.34. The highest BCUT2D eigenvalue weighted by atomic mass is 127. The van der Waals surface area contributed by atoms with E-state index < -0.39 is 0 Å². The zero-order valence-corrected chi connectivity index (χ0v) is 18.3. The Morgan fingerprint density at radius 2 is 1.86 bits per heavy atom. The first-order valence-corrected chi connectivity index (χ1v) is 9.18.